The largest absolute Gasteiger partial charge is 0.394 e. The maximum absolute atomic E-state index is 8.52. The summed E-state index contributed by atoms with van der Waals surface area (Å²) in [6.45, 7) is 5.31. The lowest BCUT2D eigenvalue weighted by Gasteiger charge is -2.09. The first-order valence-electron chi connectivity index (χ1n) is 6.43. The lowest BCUT2D eigenvalue weighted by atomic mass is 10.2. The van der Waals surface area contributed by atoms with Crippen LogP contribution in [0.4, 0.5) is 0 Å². The Kier molecular flexibility index (Phi) is 10.3. The maximum Gasteiger partial charge on any atom is 0.0728 e. The zero-order valence-corrected chi connectivity index (χ0v) is 15.8. The predicted molar refractivity (Wildman–Crippen MR) is 95.0 cm³/mol. The van der Waals surface area contributed by atoms with Crippen LogP contribution >= 0.6 is 45.2 Å². The highest BCUT2D eigenvalue weighted by Gasteiger charge is 2.04. The number of halogens is 2. The van der Waals surface area contributed by atoms with Gasteiger partial charge in [0.1, 0.15) is 0 Å². The van der Waals surface area contributed by atoms with Gasteiger partial charge in [-0.3, -0.25) is 0 Å². The fraction of sp³-hybridized carbons (Fsp3) is 0.571. The molecule has 1 N–H and O–H groups in total. The van der Waals surface area contributed by atoms with Crippen molar-refractivity contribution in [2.45, 2.75) is 13.5 Å². The molecule has 1 rings (SSSR count). The van der Waals surface area contributed by atoms with E-state index in [2.05, 4.69) is 64.2 Å². The predicted octanol–water partition coefficient (Wildman–Crippen LogP) is 2.75. The highest BCUT2D eigenvalue weighted by molar-refractivity contribution is 14.1. The van der Waals surface area contributed by atoms with Gasteiger partial charge in [0.2, 0.25) is 0 Å². The van der Waals surface area contributed by atoms with Crippen LogP contribution in [0.25, 0.3) is 0 Å². The van der Waals surface area contributed by atoms with Gasteiger partial charge in [0.15, 0.2) is 0 Å². The number of hydrogen-bond donors (Lipinski definition) is 1. The summed E-state index contributed by atoms with van der Waals surface area (Å²) >= 11 is 4.68. The molecule has 114 valence electrons. The minimum Gasteiger partial charge on any atom is -0.394 e. The smallest absolute Gasteiger partial charge is 0.0728 e. The molecule has 0 atom stereocenters. The third-order valence-corrected chi connectivity index (χ3v) is 4.73. The minimum atomic E-state index is 0.0527. The van der Waals surface area contributed by atoms with Crippen LogP contribution in [0.2, 0.25) is 0 Å². The van der Waals surface area contributed by atoms with Crippen LogP contribution in [0.1, 0.15) is 11.1 Å². The number of hydrogen-bond acceptors (Lipinski definition) is 4. The second kappa shape index (κ2) is 11.1. The van der Waals surface area contributed by atoms with E-state index in [1.165, 1.54) is 18.3 Å². The van der Waals surface area contributed by atoms with Gasteiger partial charge in [-0.05, 0) is 75.4 Å². The first kappa shape index (κ1) is 18.6. The van der Waals surface area contributed by atoms with Gasteiger partial charge in [0.25, 0.3) is 0 Å². The van der Waals surface area contributed by atoms with E-state index in [1.807, 2.05) is 0 Å². The molecule has 0 aromatic heterocycles. The normalized spacial score (nSPS) is 11.0. The molecule has 20 heavy (non-hydrogen) atoms. The van der Waals surface area contributed by atoms with Crippen molar-refractivity contribution in [3.63, 3.8) is 0 Å². The molecule has 0 aliphatic heterocycles. The van der Waals surface area contributed by atoms with E-state index in [1.54, 1.807) is 0 Å². The van der Waals surface area contributed by atoms with Gasteiger partial charge in [-0.15, -0.1) is 0 Å². The Morgan fingerprint density at radius 1 is 0.900 bits per heavy atom. The van der Waals surface area contributed by atoms with Gasteiger partial charge in [-0.2, -0.15) is 0 Å². The van der Waals surface area contributed by atoms with Gasteiger partial charge in [0, 0.05) is 7.14 Å². The Hall–Kier alpha value is 0.520. The summed E-state index contributed by atoms with van der Waals surface area (Å²) in [4.78, 5) is 0. The fourth-order valence-electron chi connectivity index (χ4n) is 1.48. The molecule has 0 aliphatic carbocycles. The number of benzene rings is 1. The van der Waals surface area contributed by atoms with E-state index in [-0.39, 0.29) is 6.61 Å². The summed E-state index contributed by atoms with van der Waals surface area (Å²) in [7, 11) is 0. The second-order valence-electron chi connectivity index (χ2n) is 4.19. The van der Waals surface area contributed by atoms with Crippen molar-refractivity contribution < 1.29 is 19.3 Å². The van der Waals surface area contributed by atoms with Crippen LogP contribution in [0.5, 0.6) is 0 Å². The van der Waals surface area contributed by atoms with Crippen molar-refractivity contribution in [2.24, 2.45) is 0 Å². The Balaban J connectivity index is 2.11. The molecule has 1 aromatic carbocycles. The Morgan fingerprint density at radius 3 is 2.15 bits per heavy atom. The SMILES string of the molecule is Cc1cc(I)c(COCCOCCOCCO)cc1I. The number of ether oxygens (including phenoxy) is 3. The summed E-state index contributed by atoms with van der Waals surface area (Å²) < 4.78 is 18.5. The minimum absolute atomic E-state index is 0.0527. The van der Waals surface area contributed by atoms with Gasteiger partial charge in [0.05, 0.1) is 46.2 Å². The van der Waals surface area contributed by atoms with Gasteiger partial charge in [-0.25, -0.2) is 0 Å². The molecule has 1 aromatic rings. The lowest BCUT2D eigenvalue weighted by molar-refractivity contribution is 0.00441. The van der Waals surface area contributed by atoms with E-state index < -0.39 is 0 Å². The van der Waals surface area contributed by atoms with Gasteiger partial charge >= 0.3 is 0 Å². The Morgan fingerprint density at radius 2 is 1.50 bits per heavy atom. The molecule has 0 bridgehead atoms. The fourth-order valence-corrected chi connectivity index (χ4v) is 2.79. The molecule has 0 spiro atoms. The van der Waals surface area contributed by atoms with E-state index in [0.29, 0.717) is 39.6 Å². The van der Waals surface area contributed by atoms with Crippen molar-refractivity contribution in [1.29, 1.82) is 0 Å². The summed E-state index contributed by atoms with van der Waals surface area (Å²) in [5.74, 6) is 0. The summed E-state index contributed by atoms with van der Waals surface area (Å²) in [5, 5.41) is 8.52. The molecule has 0 saturated carbocycles. The molecule has 0 unspecified atom stereocenters. The van der Waals surface area contributed by atoms with Crippen molar-refractivity contribution in [1.82, 2.24) is 0 Å². The molecular formula is C14H20I2O4. The van der Waals surface area contributed by atoms with Crippen LogP contribution < -0.4 is 0 Å². The number of aliphatic hydroxyl groups excluding tert-OH is 1. The third kappa shape index (κ3) is 7.51. The number of aliphatic hydroxyl groups is 1. The Labute approximate surface area is 147 Å². The first-order chi connectivity index (χ1) is 9.65. The summed E-state index contributed by atoms with van der Waals surface area (Å²) in [6.07, 6.45) is 0. The van der Waals surface area contributed by atoms with E-state index in [9.17, 15) is 0 Å². The van der Waals surface area contributed by atoms with Crippen molar-refractivity contribution >= 4 is 45.2 Å². The van der Waals surface area contributed by atoms with Crippen LogP contribution in [0.3, 0.4) is 0 Å². The van der Waals surface area contributed by atoms with Crippen LogP contribution in [-0.4, -0.2) is 44.7 Å². The quantitative estimate of drug-likeness (QED) is 0.392. The van der Waals surface area contributed by atoms with Crippen molar-refractivity contribution in [3.05, 3.63) is 30.4 Å². The second-order valence-corrected chi connectivity index (χ2v) is 6.52. The maximum atomic E-state index is 8.52. The molecule has 0 radical (unpaired) electrons. The van der Waals surface area contributed by atoms with E-state index >= 15 is 0 Å². The van der Waals surface area contributed by atoms with Crippen molar-refractivity contribution in [2.75, 3.05) is 39.6 Å². The third-order valence-electron chi connectivity index (χ3n) is 2.56. The standard InChI is InChI=1S/C14H20I2O4/c1-11-8-14(16)12(9-13(11)15)10-20-7-6-19-5-4-18-3-2-17/h8-9,17H,2-7,10H2,1H3. The molecule has 0 amide bonds. The van der Waals surface area contributed by atoms with Crippen molar-refractivity contribution in [3.8, 4) is 0 Å². The highest BCUT2D eigenvalue weighted by Crippen LogP contribution is 2.20. The van der Waals surface area contributed by atoms with Crippen LogP contribution in [0.15, 0.2) is 12.1 Å². The van der Waals surface area contributed by atoms with E-state index in [0.717, 1.165) is 0 Å². The topological polar surface area (TPSA) is 47.9 Å². The molecule has 0 saturated heterocycles. The Bertz CT molecular complexity index is 399. The average molecular weight is 506 g/mol. The summed E-state index contributed by atoms with van der Waals surface area (Å²) in [5.41, 5.74) is 2.51. The highest BCUT2D eigenvalue weighted by atomic mass is 127. The van der Waals surface area contributed by atoms with Crippen LogP contribution in [-0.2, 0) is 20.8 Å². The number of aryl methyl sites for hydroxylation is 1. The van der Waals surface area contributed by atoms with Crippen LogP contribution in [0, 0.1) is 14.1 Å². The monoisotopic (exact) mass is 506 g/mol. The zero-order chi connectivity index (χ0) is 14.8. The first-order valence-corrected chi connectivity index (χ1v) is 8.59. The molecular weight excluding hydrogens is 486 g/mol. The summed E-state index contributed by atoms with van der Waals surface area (Å²) in [6, 6.07) is 4.34. The van der Waals surface area contributed by atoms with Gasteiger partial charge < -0.3 is 19.3 Å². The number of rotatable bonds is 10. The van der Waals surface area contributed by atoms with Gasteiger partial charge in [-0.1, -0.05) is 0 Å². The van der Waals surface area contributed by atoms with E-state index in [4.69, 9.17) is 19.3 Å². The molecule has 0 heterocycles. The molecule has 6 heteroatoms. The lowest BCUT2D eigenvalue weighted by Crippen LogP contribution is -2.11. The zero-order valence-electron chi connectivity index (χ0n) is 11.5. The molecule has 4 nitrogen and oxygen atoms in total. The molecule has 0 aliphatic rings. The average Bonchev–Trinajstić information content (AvgIpc) is 2.42. The molecule has 0 fully saturated rings.